The molecule has 0 saturated heterocycles. The first-order valence-electron chi connectivity index (χ1n) is 5.22. The summed E-state index contributed by atoms with van der Waals surface area (Å²) in [6, 6.07) is 5.67. The number of nitrogens with zero attached hydrogens (tertiary/aromatic N) is 1. The molecule has 1 aromatic heterocycles. The molecule has 16 heavy (non-hydrogen) atoms. The van der Waals surface area contributed by atoms with E-state index in [9.17, 15) is 4.79 Å². The van der Waals surface area contributed by atoms with Gasteiger partial charge in [0.15, 0.2) is 0 Å². The van der Waals surface area contributed by atoms with Gasteiger partial charge in [-0.3, -0.25) is 4.79 Å². The molecular weight excluding hydrogens is 224 g/mol. The van der Waals surface area contributed by atoms with Crippen LogP contribution in [0, 0.1) is 0 Å². The zero-order chi connectivity index (χ0) is 11.3. The summed E-state index contributed by atoms with van der Waals surface area (Å²) < 4.78 is 0. The number of aromatic nitrogens is 1. The number of H-pyrrole nitrogens is 1. The second-order valence-electron chi connectivity index (χ2n) is 4.15. The van der Waals surface area contributed by atoms with Crippen LogP contribution in [0.4, 0.5) is 0 Å². The molecular formula is C12H11ClN2O. The van der Waals surface area contributed by atoms with Crippen molar-refractivity contribution in [3.05, 3.63) is 34.5 Å². The molecule has 0 spiro atoms. The van der Waals surface area contributed by atoms with Crippen molar-refractivity contribution in [3.63, 3.8) is 0 Å². The quantitative estimate of drug-likeness (QED) is 0.747. The zero-order valence-electron chi connectivity index (χ0n) is 8.88. The fourth-order valence-corrected chi connectivity index (χ4v) is 2.41. The Kier molecular flexibility index (Phi) is 1.98. The van der Waals surface area contributed by atoms with E-state index in [2.05, 4.69) is 4.98 Å². The van der Waals surface area contributed by atoms with Crippen molar-refractivity contribution >= 4 is 28.4 Å². The molecule has 2 aromatic rings. The fraction of sp³-hybridized carbons (Fsp3) is 0.250. The number of fused-ring (bicyclic) bond motifs is 3. The molecule has 0 aliphatic carbocycles. The van der Waals surface area contributed by atoms with Crippen LogP contribution < -0.4 is 0 Å². The Morgan fingerprint density at radius 3 is 3.06 bits per heavy atom. The highest BCUT2D eigenvalue weighted by molar-refractivity contribution is 6.31. The van der Waals surface area contributed by atoms with Crippen LogP contribution in [0.5, 0.6) is 0 Å². The van der Waals surface area contributed by atoms with Gasteiger partial charge in [-0.05, 0) is 30.2 Å². The Morgan fingerprint density at radius 2 is 2.25 bits per heavy atom. The smallest absolute Gasteiger partial charge is 0.270 e. The molecule has 0 bridgehead atoms. The van der Waals surface area contributed by atoms with Gasteiger partial charge in [-0.15, -0.1) is 0 Å². The van der Waals surface area contributed by atoms with Crippen molar-refractivity contribution in [1.82, 2.24) is 9.88 Å². The molecule has 1 N–H and O–H groups in total. The molecule has 1 aliphatic heterocycles. The second-order valence-corrected chi connectivity index (χ2v) is 4.58. The van der Waals surface area contributed by atoms with E-state index in [1.54, 1.807) is 4.90 Å². The first-order valence-corrected chi connectivity index (χ1v) is 5.60. The number of carbonyl (C=O) groups is 1. The largest absolute Gasteiger partial charge is 0.350 e. The highest BCUT2D eigenvalue weighted by Gasteiger charge is 2.25. The minimum Gasteiger partial charge on any atom is -0.350 e. The van der Waals surface area contributed by atoms with Crippen molar-refractivity contribution in [2.75, 3.05) is 13.6 Å². The van der Waals surface area contributed by atoms with E-state index in [0.717, 1.165) is 29.4 Å². The third-order valence-electron chi connectivity index (χ3n) is 3.13. The number of hydrogen-bond acceptors (Lipinski definition) is 1. The number of benzene rings is 1. The molecule has 0 atom stereocenters. The van der Waals surface area contributed by atoms with Crippen molar-refractivity contribution in [2.24, 2.45) is 0 Å². The zero-order valence-corrected chi connectivity index (χ0v) is 9.64. The summed E-state index contributed by atoms with van der Waals surface area (Å²) in [5.74, 6) is 0.0635. The lowest BCUT2D eigenvalue weighted by Crippen LogP contribution is -2.33. The molecule has 1 amide bonds. The summed E-state index contributed by atoms with van der Waals surface area (Å²) in [6.45, 7) is 0.769. The maximum Gasteiger partial charge on any atom is 0.270 e. The predicted octanol–water partition coefficient (Wildman–Crippen LogP) is 2.45. The van der Waals surface area contributed by atoms with E-state index < -0.39 is 0 Å². The highest BCUT2D eigenvalue weighted by Crippen LogP contribution is 2.28. The van der Waals surface area contributed by atoms with Crippen LogP contribution in [0.25, 0.3) is 10.9 Å². The molecule has 2 heterocycles. The van der Waals surface area contributed by atoms with E-state index in [1.165, 1.54) is 0 Å². The van der Waals surface area contributed by atoms with E-state index in [4.69, 9.17) is 11.6 Å². The Hall–Kier alpha value is -1.48. The Morgan fingerprint density at radius 1 is 1.44 bits per heavy atom. The SMILES string of the molecule is CN1CCc2c([nH]c3ccc(Cl)cc23)C1=O. The average molecular weight is 235 g/mol. The van der Waals surface area contributed by atoms with Crippen LogP contribution >= 0.6 is 11.6 Å². The first-order chi connectivity index (χ1) is 7.66. The van der Waals surface area contributed by atoms with Crippen LogP contribution in [0.15, 0.2) is 18.2 Å². The van der Waals surface area contributed by atoms with Crippen molar-refractivity contribution in [3.8, 4) is 0 Å². The van der Waals surface area contributed by atoms with Crippen molar-refractivity contribution < 1.29 is 4.79 Å². The number of rotatable bonds is 0. The van der Waals surface area contributed by atoms with E-state index in [1.807, 2.05) is 25.2 Å². The van der Waals surface area contributed by atoms with Gasteiger partial charge in [-0.1, -0.05) is 11.6 Å². The molecule has 4 heteroatoms. The van der Waals surface area contributed by atoms with Gasteiger partial charge in [0.25, 0.3) is 5.91 Å². The summed E-state index contributed by atoms with van der Waals surface area (Å²) in [4.78, 5) is 16.8. The van der Waals surface area contributed by atoms with Gasteiger partial charge in [0.2, 0.25) is 0 Å². The fourth-order valence-electron chi connectivity index (χ4n) is 2.23. The van der Waals surface area contributed by atoms with Gasteiger partial charge in [0, 0.05) is 29.5 Å². The van der Waals surface area contributed by atoms with Crippen molar-refractivity contribution in [2.45, 2.75) is 6.42 Å². The molecule has 0 saturated carbocycles. The predicted molar refractivity (Wildman–Crippen MR) is 64.0 cm³/mol. The van der Waals surface area contributed by atoms with E-state index in [-0.39, 0.29) is 5.91 Å². The molecule has 0 fully saturated rings. The second kappa shape index (κ2) is 3.25. The van der Waals surface area contributed by atoms with Gasteiger partial charge < -0.3 is 9.88 Å². The van der Waals surface area contributed by atoms with E-state index >= 15 is 0 Å². The molecule has 82 valence electrons. The van der Waals surface area contributed by atoms with Gasteiger partial charge in [0.1, 0.15) is 5.69 Å². The number of amides is 1. The number of hydrogen-bond donors (Lipinski definition) is 1. The summed E-state index contributed by atoms with van der Waals surface area (Å²) >= 11 is 5.97. The Bertz CT molecular complexity index is 588. The summed E-state index contributed by atoms with van der Waals surface area (Å²) in [5.41, 5.74) is 2.80. The van der Waals surface area contributed by atoms with Gasteiger partial charge in [0.05, 0.1) is 0 Å². The molecule has 1 aliphatic rings. The Balaban J connectivity index is 2.31. The van der Waals surface area contributed by atoms with Gasteiger partial charge >= 0.3 is 0 Å². The normalized spacial score (nSPS) is 15.6. The van der Waals surface area contributed by atoms with Crippen LogP contribution in [0.3, 0.4) is 0 Å². The number of likely N-dealkylation sites (N-methyl/N-ethyl adjacent to an activating group) is 1. The number of nitrogens with one attached hydrogen (secondary N) is 1. The third-order valence-corrected chi connectivity index (χ3v) is 3.36. The van der Waals surface area contributed by atoms with Crippen molar-refractivity contribution in [1.29, 1.82) is 0 Å². The lowest BCUT2D eigenvalue weighted by Gasteiger charge is -2.22. The van der Waals surface area contributed by atoms with Crippen LogP contribution in [-0.4, -0.2) is 29.4 Å². The number of carbonyl (C=O) groups excluding carboxylic acids is 1. The average Bonchev–Trinajstić information content (AvgIpc) is 2.62. The molecule has 0 radical (unpaired) electrons. The highest BCUT2D eigenvalue weighted by atomic mass is 35.5. The standard InChI is InChI=1S/C12H11ClN2O/c1-15-5-4-8-9-6-7(13)2-3-10(9)14-11(8)12(15)16/h2-3,6,14H,4-5H2,1H3. The lowest BCUT2D eigenvalue weighted by molar-refractivity contribution is 0.0776. The molecule has 3 nitrogen and oxygen atoms in total. The minimum absolute atomic E-state index is 0.0635. The molecule has 3 rings (SSSR count). The first kappa shape index (κ1) is 9.73. The third kappa shape index (κ3) is 1.25. The number of aromatic amines is 1. The summed E-state index contributed by atoms with van der Waals surface area (Å²) in [6.07, 6.45) is 0.887. The summed E-state index contributed by atoms with van der Waals surface area (Å²) in [5, 5.41) is 1.78. The maximum absolute atomic E-state index is 11.9. The van der Waals surface area contributed by atoms with Crippen LogP contribution in [0.1, 0.15) is 16.1 Å². The van der Waals surface area contributed by atoms with Gasteiger partial charge in [-0.25, -0.2) is 0 Å². The summed E-state index contributed by atoms with van der Waals surface area (Å²) in [7, 11) is 1.82. The van der Waals surface area contributed by atoms with Gasteiger partial charge in [-0.2, -0.15) is 0 Å². The lowest BCUT2D eigenvalue weighted by atomic mass is 10.0. The molecule has 0 unspecified atom stereocenters. The Labute approximate surface area is 98.0 Å². The topological polar surface area (TPSA) is 36.1 Å². The van der Waals surface area contributed by atoms with E-state index in [0.29, 0.717) is 10.7 Å². The van der Waals surface area contributed by atoms with Crippen LogP contribution in [-0.2, 0) is 6.42 Å². The van der Waals surface area contributed by atoms with Crippen LogP contribution in [0.2, 0.25) is 5.02 Å². The maximum atomic E-state index is 11.9. The minimum atomic E-state index is 0.0635. The number of halogens is 1. The molecule has 1 aromatic carbocycles. The monoisotopic (exact) mass is 234 g/mol.